The Morgan fingerprint density at radius 3 is 3.06 bits per heavy atom. The van der Waals surface area contributed by atoms with Gasteiger partial charge >= 0.3 is 0 Å². The minimum absolute atomic E-state index is 0.842. The third-order valence-corrected chi connectivity index (χ3v) is 4.48. The Morgan fingerprint density at radius 2 is 2.24 bits per heavy atom. The third-order valence-electron chi connectivity index (χ3n) is 2.30. The SMILES string of the molecule is Brc1ccc(CSn2cnc3cscc32)nc1. The number of hydrogen-bond acceptors (Lipinski definition) is 4. The van der Waals surface area contributed by atoms with Gasteiger partial charge in [0, 0.05) is 21.4 Å². The average Bonchev–Trinajstić information content (AvgIpc) is 2.91. The lowest BCUT2D eigenvalue weighted by Crippen LogP contribution is -1.89. The number of fused-ring (bicyclic) bond motifs is 1. The molecular formula is C11H8BrN3S2. The van der Waals surface area contributed by atoms with Crippen LogP contribution in [0.2, 0.25) is 0 Å². The Balaban J connectivity index is 1.76. The number of hydrogen-bond donors (Lipinski definition) is 0. The minimum atomic E-state index is 0.842. The molecule has 0 saturated carbocycles. The fraction of sp³-hybridized carbons (Fsp3) is 0.0909. The van der Waals surface area contributed by atoms with Gasteiger partial charge in [-0.05, 0) is 40.0 Å². The van der Waals surface area contributed by atoms with E-state index in [-0.39, 0.29) is 0 Å². The second-order valence-corrected chi connectivity index (χ2v) is 6.05. The molecule has 6 heteroatoms. The van der Waals surface area contributed by atoms with Gasteiger partial charge in [-0.3, -0.25) is 8.96 Å². The van der Waals surface area contributed by atoms with Gasteiger partial charge in [0.1, 0.15) is 11.8 Å². The molecular weight excluding hydrogens is 318 g/mol. The first-order valence-corrected chi connectivity index (χ1v) is 7.64. The Morgan fingerprint density at radius 1 is 1.29 bits per heavy atom. The van der Waals surface area contributed by atoms with Gasteiger partial charge in [-0.25, -0.2) is 4.98 Å². The fourth-order valence-electron chi connectivity index (χ4n) is 1.45. The standard InChI is InChI=1S/C11H8BrN3S2/c12-8-1-2-9(13-3-8)4-17-15-7-14-10-5-16-6-11(10)15/h1-3,5-7H,4H2. The monoisotopic (exact) mass is 325 g/mol. The van der Waals surface area contributed by atoms with Crippen LogP contribution in [0.15, 0.2) is 39.9 Å². The molecule has 0 saturated heterocycles. The topological polar surface area (TPSA) is 30.7 Å². The molecule has 0 radical (unpaired) electrons. The van der Waals surface area contributed by atoms with Crippen LogP contribution in [0.3, 0.4) is 0 Å². The van der Waals surface area contributed by atoms with E-state index in [0.29, 0.717) is 0 Å². The smallest absolute Gasteiger partial charge is 0.106 e. The Bertz CT molecular complexity index is 630. The van der Waals surface area contributed by atoms with Crippen LogP contribution < -0.4 is 0 Å². The van der Waals surface area contributed by atoms with Crippen molar-refractivity contribution in [1.29, 1.82) is 0 Å². The average molecular weight is 326 g/mol. The Kier molecular flexibility index (Phi) is 3.17. The molecule has 0 atom stereocenters. The molecule has 3 nitrogen and oxygen atoms in total. The molecule has 3 rings (SSSR count). The second kappa shape index (κ2) is 4.80. The van der Waals surface area contributed by atoms with E-state index in [0.717, 1.165) is 21.4 Å². The molecule has 17 heavy (non-hydrogen) atoms. The number of aromatic nitrogens is 3. The highest BCUT2D eigenvalue weighted by atomic mass is 79.9. The van der Waals surface area contributed by atoms with Crippen LogP contribution in [0.4, 0.5) is 0 Å². The van der Waals surface area contributed by atoms with E-state index in [1.165, 1.54) is 5.52 Å². The van der Waals surface area contributed by atoms with E-state index in [4.69, 9.17) is 0 Å². The molecule has 3 aromatic heterocycles. The molecule has 3 heterocycles. The predicted molar refractivity (Wildman–Crippen MR) is 76.2 cm³/mol. The first-order chi connectivity index (χ1) is 8.33. The van der Waals surface area contributed by atoms with Crippen LogP contribution in [0.1, 0.15) is 5.69 Å². The number of pyridine rings is 1. The van der Waals surface area contributed by atoms with Gasteiger partial charge in [0.2, 0.25) is 0 Å². The molecule has 0 aliphatic carbocycles. The number of halogens is 1. The largest absolute Gasteiger partial charge is 0.271 e. The maximum atomic E-state index is 4.35. The van der Waals surface area contributed by atoms with Crippen molar-refractivity contribution in [2.24, 2.45) is 0 Å². The summed E-state index contributed by atoms with van der Waals surface area (Å²) in [5.74, 6) is 0.842. The Hall–Kier alpha value is -0.850. The van der Waals surface area contributed by atoms with Crippen molar-refractivity contribution in [1.82, 2.24) is 13.9 Å². The van der Waals surface area contributed by atoms with Crippen LogP contribution in [0, 0.1) is 0 Å². The van der Waals surface area contributed by atoms with Crippen molar-refractivity contribution >= 4 is 50.2 Å². The molecule has 3 aromatic rings. The predicted octanol–water partition coefficient (Wildman–Crippen LogP) is 3.95. The van der Waals surface area contributed by atoms with E-state index >= 15 is 0 Å². The van der Waals surface area contributed by atoms with Gasteiger partial charge in [0.05, 0.1) is 17.0 Å². The second-order valence-electron chi connectivity index (χ2n) is 3.45. The first-order valence-electron chi connectivity index (χ1n) is 4.96. The highest BCUT2D eigenvalue weighted by molar-refractivity contribution is 9.10. The molecule has 0 amide bonds. The van der Waals surface area contributed by atoms with Gasteiger partial charge in [-0.15, -0.1) is 11.3 Å². The first kappa shape index (κ1) is 11.3. The lowest BCUT2D eigenvalue weighted by molar-refractivity contribution is 1.15. The molecule has 86 valence electrons. The maximum absolute atomic E-state index is 4.35. The summed E-state index contributed by atoms with van der Waals surface area (Å²) in [5.41, 5.74) is 3.30. The zero-order valence-corrected chi connectivity index (χ0v) is 11.9. The molecule has 0 aliphatic heterocycles. The van der Waals surface area contributed by atoms with Crippen LogP contribution >= 0.6 is 39.2 Å². The maximum Gasteiger partial charge on any atom is 0.106 e. The van der Waals surface area contributed by atoms with Gasteiger partial charge in [-0.2, -0.15) is 0 Å². The van der Waals surface area contributed by atoms with E-state index in [9.17, 15) is 0 Å². The van der Waals surface area contributed by atoms with Crippen molar-refractivity contribution in [2.75, 3.05) is 0 Å². The van der Waals surface area contributed by atoms with Gasteiger partial charge in [0.15, 0.2) is 0 Å². The normalized spacial score (nSPS) is 11.1. The summed E-state index contributed by atoms with van der Waals surface area (Å²) in [6.45, 7) is 0. The molecule has 0 aromatic carbocycles. The van der Waals surface area contributed by atoms with Crippen LogP contribution in [0.25, 0.3) is 11.0 Å². The zero-order chi connectivity index (χ0) is 11.7. The number of rotatable bonds is 3. The van der Waals surface area contributed by atoms with Crippen LogP contribution in [-0.2, 0) is 5.75 Å². The van der Waals surface area contributed by atoms with Crippen molar-refractivity contribution in [3.05, 3.63) is 45.6 Å². The van der Waals surface area contributed by atoms with Crippen molar-refractivity contribution in [3.63, 3.8) is 0 Å². The number of thiophene rings is 1. The molecule has 0 unspecified atom stereocenters. The quantitative estimate of drug-likeness (QED) is 0.730. The molecule has 0 bridgehead atoms. The highest BCUT2D eigenvalue weighted by Gasteiger charge is 2.04. The molecule has 0 spiro atoms. The summed E-state index contributed by atoms with van der Waals surface area (Å²) < 4.78 is 3.10. The van der Waals surface area contributed by atoms with E-state index in [1.54, 1.807) is 23.3 Å². The van der Waals surface area contributed by atoms with Crippen molar-refractivity contribution in [2.45, 2.75) is 5.75 Å². The van der Waals surface area contributed by atoms with Crippen molar-refractivity contribution < 1.29 is 0 Å². The van der Waals surface area contributed by atoms with Crippen LogP contribution in [0.5, 0.6) is 0 Å². The number of imidazole rings is 1. The summed E-state index contributed by atoms with van der Waals surface area (Å²) in [7, 11) is 0. The fourth-order valence-corrected chi connectivity index (χ4v) is 3.34. The summed E-state index contributed by atoms with van der Waals surface area (Å²) in [6.07, 6.45) is 3.69. The summed E-state index contributed by atoms with van der Waals surface area (Å²) >= 11 is 6.76. The summed E-state index contributed by atoms with van der Waals surface area (Å²) in [5, 5.41) is 4.18. The van der Waals surface area contributed by atoms with Crippen LogP contribution in [-0.4, -0.2) is 13.9 Å². The molecule has 0 fully saturated rings. The lowest BCUT2D eigenvalue weighted by Gasteiger charge is -2.01. The summed E-state index contributed by atoms with van der Waals surface area (Å²) in [4.78, 5) is 8.68. The summed E-state index contributed by atoms with van der Waals surface area (Å²) in [6, 6.07) is 4.04. The molecule has 0 N–H and O–H groups in total. The van der Waals surface area contributed by atoms with Gasteiger partial charge in [0.25, 0.3) is 0 Å². The zero-order valence-electron chi connectivity index (χ0n) is 8.71. The van der Waals surface area contributed by atoms with E-state index in [1.807, 2.05) is 24.7 Å². The van der Waals surface area contributed by atoms with E-state index < -0.39 is 0 Å². The lowest BCUT2D eigenvalue weighted by atomic mass is 10.4. The minimum Gasteiger partial charge on any atom is -0.271 e. The van der Waals surface area contributed by atoms with Gasteiger partial charge in [-0.1, -0.05) is 0 Å². The number of nitrogens with zero attached hydrogens (tertiary/aromatic N) is 3. The molecule has 0 aliphatic rings. The van der Waals surface area contributed by atoms with Crippen molar-refractivity contribution in [3.8, 4) is 0 Å². The van der Waals surface area contributed by atoms with Gasteiger partial charge < -0.3 is 0 Å². The Labute approximate surface area is 115 Å². The third kappa shape index (κ3) is 2.38. The van der Waals surface area contributed by atoms with E-state index in [2.05, 4.69) is 40.6 Å². The highest BCUT2D eigenvalue weighted by Crippen LogP contribution is 2.23.